The van der Waals surface area contributed by atoms with E-state index in [4.69, 9.17) is 4.74 Å². The van der Waals surface area contributed by atoms with Gasteiger partial charge in [-0.1, -0.05) is 19.8 Å². The van der Waals surface area contributed by atoms with E-state index in [1.165, 1.54) is 19.3 Å². The summed E-state index contributed by atoms with van der Waals surface area (Å²) in [5, 5.41) is 3.52. The zero-order valence-corrected chi connectivity index (χ0v) is 14.4. The Labute approximate surface area is 139 Å². The molecule has 0 aromatic heterocycles. The molecule has 4 fully saturated rings. The van der Waals surface area contributed by atoms with Gasteiger partial charge in [0.1, 0.15) is 0 Å². The summed E-state index contributed by atoms with van der Waals surface area (Å²) in [7, 11) is 0. The van der Waals surface area contributed by atoms with Crippen molar-refractivity contribution in [3.05, 3.63) is 0 Å². The number of fused-ring (bicyclic) bond motifs is 1. The van der Waals surface area contributed by atoms with E-state index in [-0.39, 0.29) is 5.41 Å². The van der Waals surface area contributed by atoms with Crippen molar-refractivity contribution in [3.8, 4) is 0 Å². The Morgan fingerprint density at radius 2 is 2.04 bits per heavy atom. The third-order valence-corrected chi connectivity index (χ3v) is 6.84. The number of carbonyl (C=O) groups excluding carboxylic acids is 1. The molecule has 0 spiro atoms. The number of ether oxygens (including phenoxy) is 1. The van der Waals surface area contributed by atoms with Crippen LogP contribution in [0.15, 0.2) is 0 Å². The number of morpholine rings is 1. The summed E-state index contributed by atoms with van der Waals surface area (Å²) in [5.74, 6) is 1.60. The minimum absolute atomic E-state index is 0.0854. The zero-order valence-electron chi connectivity index (χ0n) is 14.4. The first-order chi connectivity index (χ1) is 11.2. The van der Waals surface area contributed by atoms with E-state index in [1.807, 2.05) is 0 Å². The summed E-state index contributed by atoms with van der Waals surface area (Å²) in [6, 6.07) is 0.524. The standard InChI is InChI=1S/C18H31N3O2/c1-14-11-21(12-16(14)20-6-8-23-9-7-20)17(22)18-5-3-2-4-15(18)10-19-13-18/h14-16,19H,2-13H2,1H3/t14?,15-,16?,18+/m0/s1. The Kier molecular flexibility index (Phi) is 4.37. The monoisotopic (exact) mass is 321 g/mol. The van der Waals surface area contributed by atoms with Crippen LogP contribution in [0, 0.1) is 17.3 Å². The van der Waals surface area contributed by atoms with Gasteiger partial charge in [0.25, 0.3) is 0 Å². The summed E-state index contributed by atoms with van der Waals surface area (Å²) < 4.78 is 5.49. The van der Waals surface area contributed by atoms with Crippen LogP contribution in [0.3, 0.4) is 0 Å². The van der Waals surface area contributed by atoms with Gasteiger partial charge in [-0.25, -0.2) is 0 Å². The van der Waals surface area contributed by atoms with Gasteiger partial charge < -0.3 is 15.0 Å². The van der Waals surface area contributed by atoms with Crippen LogP contribution in [0.25, 0.3) is 0 Å². The van der Waals surface area contributed by atoms with Crippen molar-refractivity contribution in [2.45, 2.75) is 38.6 Å². The van der Waals surface area contributed by atoms with E-state index in [9.17, 15) is 4.79 Å². The Hall–Kier alpha value is -0.650. The van der Waals surface area contributed by atoms with Gasteiger partial charge in [0.05, 0.1) is 18.6 Å². The fourth-order valence-electron chi connectivity index (χ4n) is 5.48. The van der Waals surface area contributed by atoms with Gasteiger partial charge in [-0.3, -0.25) is 9.69 Å². The minimum atomic E-state index is -0.0854. The summed E-state index contributed by atoms with van der Waals surface area (Å²) in [4.78, 5) is 18.2. The molecule has 5 nitrogen and oxygen atoms in total. The first-order valence-electron chi connectivity index (χ1n) is 9.52. The minimum Gasteiger partial charge on any atom is -0.379 e. The van der Waals surface area contributed by atoms with Crippen LogP contribution in [0.5, 0.6) is 0 Å². The largest absolute Gasteiger partial charge is 0.379 e. The maximum absolute atomic E-state index is 13.4. The van der Waals surface area contributed by atoms with Crippen LogP contribution in [0.1, 0.15) is 32.6 Å². The molecule has 1 aliphatic carbocycles. The number of amides is 1. The van der Waals surface area contributed by atoms with E-state index in [2.05, 4.69) is 22.0 Å². The number of nitrogens with one attached hydrogen (secondary N) is 1. The van der Waals surface area contributed by atoms with Crippen LogP contribution in [0.4, 0.5) is 0 Å². The number of carbonyl (C=O) groups is 1. The van der Waals surface area contributed by atoms with Crippen molar-refractivity contribution in [3.63, 3.8) is 0 Å². The van der Waals surface area contributed by atoms with Crippen molar-refractivity contribution in [2.24, 2.45) is 17.3 Å². The lowest BCUT2D eigenvalue weighted by molar-refractivity contribution is -0.144. The Morgan fingerprint density at radius 3 is 2.87 bits per heavy atom. The first-order valence-corrected chi connectivity index (χ1v) is 9.52. The second-order valence-electron chi connectivity index (χ2n) is 8.13. The highest BCUT2D eigenvalue weighted by Gasteiger charge is 2.53. The van der Waals surface area contributed by atoms with Gasteiger partial charge in [0.15, 0.2) is 0 Å². The van der Waals surface area contributed by atoms with E-state index in [0.717, 1.165) is 58.9 Å². The fourth-order valence-corrected chi connectivity index (χ4v) is 5.48. The van der Waals surface area contributed by atoms with Crippen molar-refractivity contribution >= 4 is 5.91 Å². The molecule has 4 atom stereocenters. The molecule has 1 saturated carbocycles. The molecule has 3 saturated heterocycles. The maximum atomic E-state index is 13.4. The van der Waals surface area contributed by atoms with Crippen LogP contribution in [0.2, 0.25) is 0 Å². The number of nitrogens with zero attached hydrogens (tertiary/aromatic N) is 2. The molecule has 0 aromatic rings. The first kappa shape index (κ1) is 15.9. The SMILES string of the molecule is CC1CN(C(=O)[C@@]23CCCC[C@H]2CNC3)CC1N1CCOCC1. The second kappa shape index (κ2) is 6.34. The lowest BCUT2D eigenvalue weighted by atomic mass is 9.67. The molecule has 1 N–H and O–H groups in total. The van der Waals surface area contributed by atoms with E-state index in [0.29, 0.717) is 23.8 Å². The van der Waals surface area contributed by atoms with Crippen molar-refractivity contribution in [1.82, 2.24) is 15.1 Å². The van der Waals surface area contributed by atoms with Gasteiger partial charge in [-0.15, -0.1) is 0 Å². The topological polar surface area (TPSA) is 44.8 Å². The molecule has 4 rings (SSSR count). The third kappa shape index (κ3) is 2.71. The molecular weight excluding hydrogens is 290 g/mol. The normalized spacial score (nSPS) is 42.0. The highest BCUT2D eigenvalue weighted by molar-refractivity contribution is 5.84. The lowest BCUT2D eigenvalue weighted by Gasteiger charge is -2.40. The molecular formula is C18H31N3O2. The van der Waals surface area contributed by atoms with Crippen molar-refractivity contribution in [1.29, 1.82) is 0 Å². The molecule has 1 amide bonds. The molecule has 5 heteroatoms. The summed E-state index contributed by atoms with van der Waals surface area (Å²) >= 11 is 0. The maximum Gasteiger partial charge on any atom is 0.230 e. The molecule has 4 aliphatic rings. The smallest absolute Gasteiger partial charge is 0.230 e. The Bertz CT molecular complexity index is 452. The molecule has 2 unspecified atom stereocenters. The number of hydrogen-bond acceptors (Lipinski definition) is 4. The lowest BCUT2D eigenvalue weighted by Crippen LogP contribution is -2.50. The highest BCUT2D eigenvalue weighted by Crippen LogP contribution is 2.45. The van der Waals surface area contributed by atoms with Crippen LogP contribution in [-0.2, 0) is 9.53 Å². The van der Waals surface area contributed by atoms with Crippen molar-refractivity contribution < 1.29 is 9.53 Å². The molecule has 0 radical (unpaired) electrons. The third-order valence-electron chi connectivity index (χ3n) is 6.84. The van der Waals surface area contributed by atoms with E-state index < -0.39 is 0 Å². The average Bonchev–Trinajstić information content (AvgIpc) is 3.19. The van der Waals surface area contributed by atoms with Crippen molar-refractivity contribution in [2.75, 3.05) is 52.5 Å². The predicted octanol–water partition coefficient (Wildman–Crippen LogP) is 0.945. The summed E-state index contributed by atoms with van der Waals surface area (Å²) in [5.41, 5.74) is -0.0854. The predicted molar refractivity (Wildman–Crippen MR) is 89.2 cm³/mol. The second-order valence-corrected chi connectivity index (χ2v) is 8.13. The van der Waals surface area contributed by atoms with Crippen LogP contribution < -0.4 is 5.32 Å². The van der Waals surface area contributed by atoms with Gasteiger partial charge >= 0.3 is 0 Å². The Balaban J connectivity index is 1.46. The quantitative estimate of drug-likeness (QED) is 0.822. The van der Waals surface area contributed by atoms with E-state index >= 15 is 0 Å². The Morgan fingerprint density at radius 1 is 1.22 bits per heavy atom. The van der Waals surface area contributed by atoms with Crippen LogP contribution >= 0.6 is 0 Å². The molecule has 3 aliphatic heterocycles. The van der Waals surface area contributed by atoms with Gasteiger partial charge in [0, 0.05) is 38.8 Å². The summed E-state index contributed by atoms with van der Waals surface area (Å²) in [6.07, 6.45) is 4.85. The molecule has 130 valence electrons. The molecule has 23 heavy (non-hydrogen) atoms. The van der Waals surface area contributed by atoms with Crippen LogP contribution in [-0.4, -0.2) is 74.2 Å². The number of rotatable bonds is 2. The molecule has 3 heterocycles. The van der Waals surface area contributed by atoms with Gasteiger partial charge in [0.2, 0.25) is 5.91 Å². The number of hydrogen-bond donors (Lipinski definition) is 1. The zero-order chi connectivity index (χ0) is 15.9. The molecule has 0 bridgehead atoms. The number of likely N-dealkylation sites (tertiary alicyclic amines) is 1. The van der Waals surface area contributed by atoms with E-state index in [1.54, 1.807) is 0 Å². The fraction of sp³-hybridized carbons (Fsp3) is 0.944. The molecule has 0 aromatic carbocycles. The van der Waals surface area contributed by atoms with Gasteiger partial charge in [-0.05, 0) is 31.2 Å². The van der Waals surface area contributed by atoms with Gasteiger partial charge in [-0.2, -0.15) is 0 Å². The average molecular weight is 321 g/mol. The highest BCUT2D eigenvalue weighted by atomic mass is 16.5. The summed E-state index contributed by atoms with van der Waals surface area (Å²) in [6.45, 7) is 9.85.